The molecule has 0 bridgehead atoms. The van der Waals surface area contributed by atoms with Crippen LogP contribution < -0.4 is 9.62 Å². The summed E-state index contributed by atoms with van der Waals surface area (Å²) in [6, 6.07) is 5.84. The van der Waals surface area contributed by atoms with Gasteiger partial charge in [0.1, 0.15) is 5.69 Å². The molecule has 1 aliphatic carbocycles. The molecule has 1 aliphatic rings. The summed E-state index contributed by atoms with van der Waals surface area (Å²) in [5.74, 6) is 0.597. The fraction of sp³-hybridized carbons (Fsp3) is 0.611. The average molecular weight is 394 g/mol. The number of nitro groups is 1. The predicted octanol–water partition coefficient (Wildman–Crippen LogP) is 3.19. The van der Waals surface area contributed by atoms with Crippen molar-refractivity contribution in [1.29, 1.82) is 5.26 Å². The third-order valence-corrected chi connectivity index (χ3v) is 6.53. The SMILES string of the molecule is CCN(CCC#N)c1ccc(S(=O)(=O)NC2CCC(C)CC2)cc1[N+](=O)[O-]. The third kappa shape index (κ3) is 5.40. The molecule has 0 atom stereocenters. The van der Waals surface area contributed by atoms with Crippen LogP contribution in [0.15, 0.2) is 23.1 Å². The van der Waals surface area contributed by atoms with E-state index in [-0.39, 0.29) is 23.0 Å². The Morgan fingerprint density at radius 2 is 2.00 bits per heavy atom. The maximum atomic E-state index is 12.7. The Balaban J connectivity index is 2.28. The molecule has 0 spiro atoms. The predicted molar refractivity (Wildman–Crippen MR) is 103 cm³/mol. The monoisotopic (exact) mass is 394 g/mol. The van der Waals surface area contributed by atoms with Crippen LogP contribution in [-0.4, -0.2) is 32.5 Å². The number of rotatable bonds is 8. The van der Waals surface area contributed by atoms with Crippen molar-refractivity contribution >= 4 is 21.4 Å². The van der Waals surface area contributed by atoms with Gasteiger partial charge in [-0.05, 0) is 50.7 Å². The summed E-state index contributed by atoms with van der Waals surface area (Å²) in [6.45, 7) is 4.81. The molecule has 0 aromatic heterocycles. The van der Waals surface area contributed by atoms with Gasteiger partial charge in [0.15, 0.2) is 0 Å². The Morgan fingerprint density at radius 1 is 1.33 bits per heavy atom. The van der Waals surface area contributed by atoms with Gasteiger partial charge in [0.05, 0.1) is 22.3 Å². The minimum Gasteiger partial charge on any atom is -0.365 e. The van der Waals surface area contributed by atoms with Crippen LogP contribution in [0.25, 0.3) is 0 Å². The van der Waals surface area contributed by atoms with Crippen LogP contribution in [0, 0.1) is 27.4 Å². The van der Waals surface area contributed by atoms with Gasteiger partial charge in [0.2, 0.25) is 10.0 Å². The van der Waals surface area contributed by atoms with Gasteiger partial charge in [-0.1, -0.05) is 6.92 Å². The number of nitrogens with zero attached hydrogens (tertiary/aromatic N) is 3. The zero-order valence-corrected chi connectivity index (χ0v) is 16.5. The van der Waals surface area contributed by atoms with Crippen molar-refractivity contribution in [3.05, 3.63) is 28.3 Å². The van der Waals surface area contributed by atoms with Crippen molar-refractivity contribution in [2.24, 2.45) is 5.92 Å². The first-order valence-corrected chi connectivity index (χ1v) is 10.7. The lowest BCUT2D eigenvalue weighted by Crippen LogP contribution is -2.37. The second kappa shape index (κ2) is 9.15. The Morgan fingerprint density at radius 3 is 2.56 bits per heavy atom. The smallest absolute Gasteiger partial charge is 0.293 e. The van der Waals surface area contributed by atoms with Crippen molar-refractivity contribution in [2.75, 3.05) is 18.0 Å². The van der Waals surface area contributed by atoms with E-state index in [1.165, 1.54) is 12.1 Å². The van der Waals surface area contributed by atoms with Crippen molar-refractivity contribution in [2.45, 2.75) is 56.9 Å². The summed E-state index contributed by atoms with van der Waals surface area (Å²) in [7, 11) is -3.82. The lowest BCUT2D eigenvalue weighted by atomic mass is 9.88. The molecule has 148 valence electrons. The molecule has 1 aromatic carbocycles. The molecule has 8 nitrogen and oxygen atoms in total. The minimum atomic E-state index is -3.82. The Hall–Kier alpha value is -2.18. The fourth-order valence-corrected chi connectivity index (χ4v) is 4.71. The van der Waals surface area contributed by atoms with Gasteiger partial charge >= 0.3 is 0 Å². The molecule has 1 saturated carbocycles. The van der Waals surface area contributed by atoms with E-state index in [0.717, 1.165) is 31.7 Å². The summed E-state index contributed by atoms with van der Waals surface area (Å²) < 4.78 is 28.1. The maximum Gasteiger partial charge on any atom is 0.293 e. The molecular weight excluding hydrogens is 368 g/mol. The number of benzene rings is 1. The maximum absolute atomic E-state index is 12.7. The van der Waals surface area contributed by atoms with E-state index in [1.807, 2.05) is 13.0 Å². The average Bonchev–Trinajstić information content (AvgIpc) is 2.64. The van der Waals surface area contributed by atoms with Crippen molar-refractivity contribution < 1.29 is 13.3 Å². The number of hydrogen-bond acceptors (Lipinski definition) is 6. The molecule has 0 radical (unpaired) electrons. The van der Waals surface area contributed by atoms with Crippen LogP contribution >= 0.6 is 0 Å². The highest BCUT2D eigenvalue weighted by atomic mass is 32.2. The Labute approximate surface area is 160 Å². The normalized spacial score (nSPS) is 20.0. The van der Waals surface area contributed by atoms with E-state index in [2.05, 4.69) is 11.6 Å². The molecule has 0 amide bonds. The van der Waals surface area contributed by atoms with Crippen LogP contribution in [0.2, 0.25) is 0 Å². The first-order valence-electron chi connectivity index (χ1n) is 9.21. The van der Waals surface area contributed by atoms with Gasteiger partial charge in [-0.2, -0.15) is 5.26 Å². The summed E-state index contributed by atoms with van der Waals surface area (Å²) >= 11 is 0. The Bertz CT molecular complexity index is 811. The van der Waals surface area contributed by atoms with Crippen molar-refractivity contribution in [1.82, 2.24) is 4.72 Å². The van der Waals surface area contributed by atoms with Gasteiger partial charge < -0.3 is 4.90 Å². The molecular formula is C18H26N4O4S. The molecule has 27 heavy (non-hydrogen) atoms. The van der Waals surface area contributed by atoms with Crippen LogP contribution in [0.3, 0.4) is 0 Å². The molecule has 0 aliphatic heterocycles. The number of sulfonamides is 1. The molecule has 2 rings (SSSR count). The highest BCUT2D eigenvalue weighted by molar-refractivity contribution is 7.89. The van der Waals surface area contributed by atoms with Gasteiger partial charge in [-0.25, -0.2) is 13.1 Å². The van der Waals surface area contributed by atoms with E-state index >= 15 is 0 Å². The van der Waals surface area contributed by atoms with Crippen molar-refractivity contribution in [3.8, 4) is 6.07 Å². The van der Waals surface area contributed by atoms with Crippen LogP contribution in [0.1, 0.15) is 46.0 Å². The molecule has 9 heteroatoms. The standard InChI is InChI=1S/C18H26N4O4S/c1-3-21(12-4-11-19)17-10-9-16(13-18(17)22(23)24)27(25,26)20-15-7-5-14(2)6-8-15/h9-10,13-15,20H,3-8,12H2,1-2H3. The second-order valence-corrected chi connectivity index (χ2v) is 8.69. The number of anilines is 1. The summed E-state index contributed by atoms with van der Waals surface area (Å²) in [6.07, 6.45) is 3.72. The van der Waals surface area contributed by atoms with Crippen LogP contribution in [0.4, 0.5) is 11.4 Å². The number of nitro benzene ring substituents is 1. The summed E-state index contributed by atoms with van der Waals surface area (Å²) in [5.41, 5.74) is 0.0538. The minimum absolute atomic E-state index is 0.104. The molecule has 0 heterocycles. The number of nitriles is 1. The largest absolute Gasteiger partial charge is 0.365 e. The fourth-order valence-electron chi connectivity index (χ4n) is 3.38. The zero-order valence-electron chi connectivity index (χ0n) is 15.7. The van der Waals surface area contributed by atoms with Gasteiger partial charge in [-0.15, -0.1) is 0 Å². The van der Waals surface area contributed by atoms with Crippen molar-refractivity contribution in [3.63, 3.8) is 0 Å². The summed E-state index contributed by atoms with van der Waals surface area (Å²) in [5, 5.41) is 20.3. The van der Waals surface area contributed by atoms with E-state index in [4.69, 9.17) is 5.26 Å². The molecule has 0 saturated heterocycles. The van der Waals surface area contributed by atoms with E-state index in [9.17, 15) is 18.5 Å². The summed E-state index contributed by atoms with van der Waals surface area (Å²) in [4.78, 5) is 12.5. The lowest BCUT2D eigenvalue weighted by molar-refractivity contribution is -0.384. The molecule has 1 N–H and O–H groups in total. The highest BCUT2D eigenvalue weighted by Crippen LogP contribution is 2.31. The molecule has 0 unspecified atom stereocenters. The second-order valence-electron chi connectivity index (χ2n) is 6.97. The lowest BCUT2D eigenvalue weighted by Gasteiger charge is -2.27. The zero-order chi connectivity index (χ0) is 20.0. The molecule has 1 fully saturated rings. The third-order valence-electron chi connectivity index (χ3n) is 5.01. The van der Waals surface area contributed by atoms with E-state index < -0.39 is 14.9 Å². The highest BCUT2D eigenvalue weighted by Gasteiger charge is 2.27. The molecule has 1 aromatic rings. The number of nitrogens with one attached hydrogen (secondary N) is 1. The van der Waals surface area contributed by atoms with E-state index in [0.29, 0.717) is 24.7 Å². The van der Waals surface area contributed by atoms with Gasteiger partial charge in [0.25, 0.3) is 5.69 Å². The first kappa shape index (κ1) is 21.1. The van der Waals surface area contributed by atoms with Gasteiger partial charge in [0, 0.05) is 25.2 Å². The topological polar surface area (TPSA) is 116 Å². The first-order chi connectivity index (χ1) is 12.8. The number of hydrogen-bond donors (Lipinski definition) is 1. The van der Waals surface area contributed by atoms with Crippen LogP contribution in [-0.2, 0) is 10.0 Å². The van der Waals surface area contributed by atoms with Crippen LogP contribution in [0.5, 0.6) is 0 Å². The van der Waals surface area contributed by atoms with Gasteiger partial charge in [-0.3, -0.25) is 10.1 Å². The quantitative estimate of drug-likeness (QED) is 0.534. The van der Waals surface area contributed by atoms with E-state index in [1.54, 1.807) is 4.90 Å². The Kier molecular flexibility index (Phi) is 7.16.